The number of fused-ring (bicyclic) bond motifs is 1. The number of nitrogens with one attached hydrogen (secondary N) is 1. The largest absolute Gasteiger partial charge is 0.409 e. The van der Waals surface area contributed by atoms with E-state index >= 15 is 0 Å². The number of nitrogens with two attached hydrogens (primary N) is 1. The summed E-state index contributed by atoms with van der Waals surface area (Å²) in [5, 5.41) is 14.1. The van der Waals surface area contributed by atoms with Crippen LogP contribution in [0, 0.1) is 0 Å². The van der Waals surface area contributed by atoms with Gasteiger partial charge in [0, 0.05) is 30.4 Å². The number of carbonyl (C=O) groups is 1. The predicted molar refractivity (Wildman–Crippen MR) is 74.5 cm³/mol. The minimum absolute atomic E-state index is 0.0715. The number of hydrogen-bond donors (Lipinski definition) is 3. The molecule has 0 fully saturated rings. The van der Waals surface area contributed by atoms with Crippen molar-refractivity contribution in [3.63, 3.8) is 0 Å². The molecule has 104 valence electrons. The normalized spacial score (nSPS) is 13.2. The molecule has 7 heteroatoms. The van der Waals surface area contributed by atoms with Gasteiger partial charge in [-0.1, -0.05) is 5.16 Å². The molecule has 1 heterocycles. The molecule has 0 bridgehead atoms. The first-order valence-electron chi connectivity index (χ1n) is 6.08. The van der Waals surface area contributed by atoms with Crippen molar-refractivity contribution in [1.82, 2.24) is 15.3 Å². The molecule has 0 radical (unpaired) electrons. The zero-order valence-corrected chi connectivity index (χ0v) is 10.9. The summed E-state index contributed by atoms with van der Waals surface area (Å²) in [4.78, 5) is 20.4. The average Bonchev–Trinajstić information content (AvgIpc) is 2.46. The quantitative estimate of drug-likeness (QED) is 0.331. The Kier molecular flexibility index (Phi) is 4.09. The standard InChI is InChI=1S/C13H15N5O2/c1-8(6-12(14)18-20)17-13(19)9-2-3-10-11(7-9)16-5-4-15-10/h2-5,7-8,20H,6H2,1H3,(H2,14,18)(H,17,19). The number of rotatable bonds is 4. The van der Waals surface area contributed by atoms with E-state index in [1.807, 2.05) is 0 Å². The molecule has 1 unspecified atom stereocenters. The minimum Gasteiger partial charge on any atom is -0.409 e. The summed E-state index contributed by atoms with van der Waals surface area (Å²) in [6.45, 7) is 1.77. The van der Waals surface area contributed by atoms with Crippen LogP contribution in [0.15, 0.2) is 35.7 Å². The van der Waals surface area contributed by atoms with E-state index in [2.05, 4.69) is 20.4 Å². The predicted octanol–water partition coefficient (Wildman–Crippen LogP) is 0.885. The first kappa shape index (κ1) is 13.7. The Hall–Kier alpha value is -2.70. The summed E-state index contributed by atoms with van der Waals surface area (Å²) in [6.07, 6.45) is 3.45. The van der Waals surface area contributed by atoms with E-state index in [0.29, 0.717) is 11.1 Å². The summed E-state index contributed by atoms with van der Waals surface area (Å²) in [6, 6.07) is 4.86. The average molecular weight is 273 g/mol. The molecule has 1 atom stereocenters. The molecule has 20 heavy (non-hydrogen) atoms. The Bertz CT molecular complexity index is 656. The molecule has 7 nitrogen and oxygen atoms in total. The third-order valence-electron chi connectivity index (χ3n) is 2.75. The SMILES string of the molecule is CC(CC(N)=NO)NC(=O)c1ccc2nccnc2c1. The molecule has 0 aliphatic heterocycles. The van der Waals surface area contributed by atoms with Crippen LogP contribution < -0.4 is 11.1 Å². The fourth-order valence-electron chi connectivity index (χ4n) is 1.82. The molecule has 2 rings (SSSR count). The van der Waals surface area contributed by atoms with Gasteiger partial charge in [-0.05, 0) is 25.1 Å². The number of aromatic nitrogens is 2. The monoisotopic (exact) mass is 273 g/mol. The molecule has 0 saturated carbocycles. The second-order valence-electron chi connectivity index (χ2n) is 4.43. The molecular formula is C13H15N5O2. The van der Waals surface area contributed by atoms with E-state index in [1.54, 1.807) is 37.5 Å². The van der Waals surface area contributed by atoms with Gasteiger partial charge in [0.1, 0.15) is 5.84 Å². The lowest BCUT2D eigenvalue weighted by molar-refractivity contribution is 0.0941. The van der Waals surface area contributed by atoms with E-state index in [9.17, 15) is 4.79 Å². The first-order chi connectivity index (χ1) is 9.60. The maximum Gasteiger partial charge on any atom is 0.251 e. The fraction of sp³-hybridized carbons (Fsp3) is 0.231. The number of amidine groups is 1. The summed E-state index contributed by atoms with van der Waals surface area (Å²) in [5.74, 6) is -0.169. The summed E-state index contributed by atoms with van der Waals surface area (Å²) in [5.41, 5.74) is 7.27. The Morgan fingerprint density at radius 2 is 2.10 bits per heavy atom. The molecule has 1 aromatic heterocycles. The molecule has 4 N–H and O–H groups in total. The van der Waals surface area contributed by atoms with Crippen molar-refractivity contribution in [3.05, 3.63) is 36.2 Å². The van der Waals surface area contributed by atoms with Crippen molar-refractivity contribution < 1.29 is 10.0 Å². The third kappa shape index (κ3) is 3.19. The molecule has 1 amide bonds. The topological polar surface area (TPSA) is 113 Å². The van der Waals surface area contributed by atoms with Crippen LogP contribution in [-0.4, -0.2) is 33.0 Å². The Morgan fingerprint density at radius 1 is 1.40 bits per heavy atom. The van der Waals surface area contributed by atoms with E-state index in [1.165, 1.54) is 0 Å². The Labute approximate surface area is 115 Å². The van der Waals surface area contributed by atoms with Crippen LogP contribution in [0.1, 0.15) is 23.7 Å². The number of hydrogen-bond acceptors (Lipinski definition) is 5. The number of nitrogens with zero attached hydrogens (tertiary/aromatic N) is 3. The lowest BCUT2D eigenvalue weighted by Gasteiger charge is -2.13. The van der Waals surface area contributed by atoms with Gasteiger partial charge in [-0.15, -0.1) is 0 Å². The number of oxime groups is 1. The van der Waals surface area contributed by atoms with Gasteiger partial charge in [0.2, 0.25) is 0 Å². The zero-order valence-electron chi connectivity index (χ0n) is 10.9. The van der Waals surface area contributed by atoms with Gasteiger partial charge in [0.15, 0.2) is 0 Å². The third-order valence-corrected chi connectivity index (χ3v) is 2.75. The van der Waals surface area contributed by atoms with E-state index in [-0.39, 0.29) is 24.2 Å². The van der Waals surface area contributed by atoms with Crippen molar-refractivity contribution in [3.8, 4) is 0 Å². The van der Waals surface area contributed by atoms with Gasteiger partial charge in [-0.2, -0.15) is 0 Å². The van der Waals surface area contributed by atoms with Gasteiger partial charge >= 0.3 is 0 Å². The van der Waals surface area contributed by atoms with Gasteiger partial charge in [-0.3, -0.25) is 14.8 Å². The highest BCUT2D eigenvalue weighted by atomic mass is 16.4. The summed E-state index contributed by atoms with van der Waals surface area (Å²) in [7, 11) is 0. The highest BCUT2D eigenvalue weighted by Crippen LogP contribution is 2.11. The number of benzene rings is 1. The molecule has 0 spiro atoms. The van der Waals surface area contributed by atoms with Gasteiger partial charge < -0.3 is 16.3 Å². The van der Waals surface area contributed by atoms with E-state index in [0.717, 1.165) is 5.52 Å². The molecule has 0 aliphatic carbocycles. The van der Waals surface area contributed by atoms with Crippen molar-refractivity contribution >= 4 is 22.8 Å². The number of carbonyl (C=O) groups excluding carboxylic acids is 1. The van der Waals surface area contributed by atoms with Crippen LogP contribution in [0.4, 0.5) is 0 Å². The second kappa shape index (κ2) is 5.96. The Morgan fingerprint density at radius 3 is 2.80 bits per heavy atom. The smallest absolute Gasteiger partial charge is 0.251 e. The number of amides is 1. The van der Waals surface area contributed by atoms with Crippen LogP contribution in [-0.2, 0) is 0 Å². The van der Waals surface area contributed by atoms with Crippen LogP contribution in [0.5, 0.6) is 0 Å². The van der Waals surface area contributed by atoms with Gasteiger partial charge in [0.05, 0.1) is 11.0 Å². The highest BCUT2D eigenvalue weighted by Gasteiger charge is 2.12. The van der Waals surface area contributed by atoms with Crippen LogP contribution in [0.3, 0.4) is 0 Å². The minimum atomic E-state index is -0.240. The van der Waals surface area contributed by atoms with Crippen LogP contribution >= 0.6 is 0 Å². The van der Waals surface area contributed by atoms with E-state index < -0.39 is 0 Å². The van der Waals surface area contributed by atoms with Crippen molar-refractivity contribution in [2.24, 2.45) is 10.9 Å². The fourth-order valence-corrected chi connectivity index (χ4v) is 1.82. The van der Waals surface area contributed by atoms with E-state index in [4.69, 9.17) is 10.9 Å². The molecule has 0 saturated heterocycles. The second-order valence-corrected chi connectivity index (χ2v) is 4.43. The van der Waals surface area contributed by atoms with Crippen molar-refractivity contribution in [1.29, 1.82) is 0 Å². The maximum absolute atomic E-state index is 12.1. The zero-order chi connectivity index (χ0) is 14.5. The molecular weight excluding hydrogens is 258 g/mol. The summed E-state index contributed by atoms with van der Waals surface area (Å²) >= 11 is 0. The van der Waals surface area contributed by atoms with Crippen molar-refractivity contribution in [2.75, 3.05) is 0 Å². The summed E-state index contributed by atoms with van der Waals surface area (Å²) < 4.78 is 0. The molecule has 1 aromatic carbocycles. The maximum atomic E-state index is 12.1. The lowest BCUT2D eigenvalue weighted by atomic mass is 10.1. The van der Waals surface area contributed by atoms with Crippen molar-refractivity contribution in [2.45, 2.75) is 19.4 Å². The first-order valence-corrected chi connectivity index (χ1v) is 6.08. The highest BCUT2D eigenvalue weighted by molar-refractivity contribution is 5.97. The molecule has 2 aromatic rings. The van der Waals surface area contributed by atoms with Gasteiger partial charge in [-0.25, -0.2) is 0 Å². The lowest BCUT2D eigenvalue weighted by Crippen LogP contribution is -2.35. The van der Waals surface area contributed by atoms with Crippen LogP contribution in [0.2, 0.25) is 0 Å². The van der Waals surface area contributed by atoms with Gasteiger partial charge in [0.25, 0.3) is 5.91 Å². The Balaban J connectivity index is 2.11. The molecule has 0 aliphatic rings. The van der Waals surface area contributed by atoms with Crippen LogP contribution in [0.25, 0.3) is 11.0 Å².